The Kier molecular flexibility index (Phi) is 4.00. The number of amides is 1. The minimum absolute atomic E-state index is 0.261. The van der Waals surface area contributed by atoms with Gasteiger partial charge in [-0.1, -0.05) is 18.2 Å². The zero-order valence-corrected chi connectivity index (χ0v) is 10.9. The topological polar surface area (TPSA) is 66.4 Å². The molecule has 4 nitrogen and oxygen atoms in total. The lowest BCUT2D eigenvalue weighted by Crippen LogP contribution is -2.21. The first-order chi connectivity index (χ1) is 9.09. The summed E-state index contributed by atoms with van der Waals surface area (Å²) >= 11 is 0. The largest absolute Gasteiger partial charge is 0.478 e. The molecule has 0 aliphatic heterocycles. The van der Waals surface area contributed by atoms with Crippen molar-refractivity contribution in [1.82, 2.24) is 0 Å². The molecule has 0 saturated heterocycles. The molecule has 4 heteroatoms. The highest BCUT2D eigenvalue weighted by molar-refractivity contribution is 6.09. The van der Waals surface area contributed by atoms with E-state index in [0.29, 0.717) is 18.4 Å². The van der Waals surface area contributed by atoms with E-state index in [1.165, 1.54) is 0 Å². The van der Waals surface area contributed by atoms with Gasteiger partial charge >= 0.3 is 5.97 Å². The maximum atomic E-state index is 12.2. The molecule has 2 N–H and O–H groups in total. The fourth-order valence-corrected chi connectivity index (χ4v) is 2.30. The minimum Gasteiger partial charge on any atom is -0.478 e. The van der Waals surface area contributed by atoms with Crippen LogP contribution in [0.1, 0.15) is 31.2 Å². The molecule has 19 heavy (non-hydrogen) atoms. The van der Waals surface area contributed by atoms with Crippen molar-refractivity contribution in [2.45, 2.75) is 32.6 Å². The number of hydrogen-bond acceptors (Lipinski definition) is 2. The Morgan fingerprint density at radius 2 is 1.74 bits per heavy atom. The number of benzene rings is 1. The van der Waals surface area contributed by atoms with Gasteiger partial charge in [0, 0.05) is 16.8 Å². The zero-order valence-electron chi connectivity index (χ0n) is 10.9. The van der Waals surface area contributed by atoms with Crippen molar-refractivity contribution in [3.05, 3.63) is 41.0 Å². The number of para-hydroxylation sites is 1. The van der Waals surface area contributed by atoms with Gasteiger partial charge < -0.3 is 10.4 Å². The Bertz CT molecular complexity index is 546. The maximum Gasteiger partial charge on any atom is 0.332 e. The summed E-state index contributed by atoms with van der Waals surface area (Å²) in [5, 5.41) is 11.9. The van der Waals surface area contributed by atoms with E-state index < -0.39 is 5.97 Å². The van der Waals surface area contributed by atoms with Crippen LogP contribution in [-0.2, 0) is 9.59 Å². The van der Waals surface area contributed by atoms with Crippen molar-refractivity contribution >= 4 is 17.6 Å². The lowest BCUT2D eigenvalue weighted by molar-refractivity contribution is -0.133. The highest BCUT2D eigenvalue weighted by Crippen LogP contribution is 2.26. The van der Waals surface area contributed by atoms with Crippen molar-refractivity contribution in [3.8, 4) is 0 Å². The Morgan fingerprint density at radius 3 is 2.37 bits per heavy atom. The second-order valence-corrected chi connectivity index (χ2v) is 4.74. The van der Waals surface area contributed by atoms with Crippen LogP contribution in [0, 0.1) is 6.92 Å². The van der Waals surface area contributed by atoms with Crippen LogP contribution in [0.15, 0.2) is 35.4 Å². The number of carbonyl (C=O) groups is 2. The molecule has 2 rings (SSSR count). The molecular weight excluding hydrogens is 242 g/mol. The van der Waals surface area contributed by atoms with Gasteiger partial charge in [0.1, 0.15) is 0 Å². The van der Waals surface area contributed by atoms with Gasteiger partial charge in [-0.15, -0.1) is 0 Å². The highest BCUT2D eigenvalue weighted by Gasteiger charge is 2.23. The maximum absolute atomic E-state index is 12.2. The lowest BCUT2D eigenvalue weighted by atomic mass is 9.91. The molecule has 0 atom stereocenters. The normalized spacial score (nSPS) is 15.2. The van der Waals surface area contributed by atoms with Gasteiger partial charge in [-0.25, -0.2) is 4.79 Å². The average Bonchev–Trinajstić information content (AvgIpc) is 2.41. The molecule has 1 amide bonds. The first kappa shape index (κ1) is 13.3. The predicted octanol–water partition coefficient (Wildman–Crippen LogP) is 2.89. The number of hydrogen-bond donors (Lipinski definition) is 2. The van der Waals surface area contributed by atoms with Crippen LogP contribution in [0.25, 0.3) is 0 Å². The monoisotopic (exact) mass is 259 g/mol. The number of anilines is 1. The van der Waals surface area contributed by atoms with E-state index in [2.05, 4.69) is 5.32 Å². The van der Waals surface area contributed by atoms with Crippen LogP contribution in [0.5, 0.6) is 0 Å². The average molecular weight is 259 g/mol. The number of aryl methyl sites for hydroxylation is 1. The van der Waals surface area contributed by atoms with E-state index in [1.807, 2.05) is 31.2 Å². The molecule has 0 fully saturated rings. The SMILES string of the molecule is Cc1ccccc1NC(=O)C1=C(C(=O)O)CCCC1. The van der Waals surface area contributed by atoms with E-state index >= 15 is 0 Å². The first-order valence-electron chi connectivity index (χ1n) is 6.42. The van der Waals surface area contributed by atoms with E-state index in [9.17, 15) is 9.59 Å². The van der Waals surface area contributed by atoms with Gasteiger partial charge in [0.25, 0.3) is 5.91 Å². The van der Waals surface area contributed by atoms with Gasteiger partial charge in [-0.05, 0) is 44.2 Å². The van der Waals surface area contributed by atoms with Crippen LogP contribution < -0.4 is 5.32 Å². The number of aliphatic carboxylic acids is 1. The van der Waals surface area contributed by atoms with Gasteiger partial charge in [-0.2, -0.15) is 0 Å². The second-order valence-electron chi connectivity index (χ2n) is 4.74. The number of carboxylic acid groups (broad SMARTS) is 1. The Labute approximate surface area is 112 Å². The fourth-order valence-electron chi connectivity index (χ4n) is 2.30. The molecular formula is C15H17NO3. The summed E-state index contributed by atoms with van der Waals surface area (Å²) in [7, 11) is 0. The summed E-state index contributed by atoms with van der Waals surface area (Å²) in [5.41, 5.74) is 2.37. The van der Waals surface area contributed by atoms with Crippen molar-refractivity contribution < 1.29 is 14.7 Å². The lowest BCUT2D eigenvalue weighted by Gasteiger charge is -2.17. The van der Waals surface area contributed by atoms with Gasteiger partial charge in [0.15, 0.2) is 0 Å². The minimum atomic E-state index is -0.977. The molecule has 1 aliphatic rings. The fraction of sp³-hybridized carbons (Fsp3) is 0.333. The molecule has 0 aromatic heterocycles. The van der Waals surface area contributed by atoms with Crippen LogP contribution in [-0.4, -0.2) is 17.0 Å². The van der Waals surface area contributed by atoms with Crippen LogP contribution in [0.3, 0.4) is 0 Å². The molecule has 100 valence electrons. The van der Waals surface area contributed by atoms with Crippen molar-refractivity contribution in [2.24, 2.45) is 0 Å². The third-order valence-corrected chi connectivity index (χ3v) is 3.39. The first-order valence-corrected chi connectivity index (χ1v) is 6.42. The van der Waals surface area contributed by atoms with E-state index in [4.69, 9.17) is 5.11 Å². The van der Waals surface area contributed by atoms with Crippen molar-refractivity contribution in [3.63, 3.8) is 0 Å². The number of carboxylic acids is 1. The van der Waals surface area contributed by atoms with Gasteiger partial charge in [0.2, 0.25) is 0 Å². The summed E-state index contributed by atoms with van der Waals surface area (Å²) < 4.78 is 0. The number of nitrogens with one attached hydrogen (secondary N) is 1. The molecule has 1 aromatic rings. The van der Waals surface area contributed by atoms with E-state index in [1.54, 1.807) is 0 Å². The van der Waals surface area contributed by atoms with Crippen LogP contribution >= 0.6 is 0 Å². The Morgan fingerprint density at radius 1 is 1.11 bits per heavy atom. The van der Waals surface area contributed by atoms with E-state index in [0.717, 1.165) is 24.1 Å². The molecule has 0 bridgehead atoms. The molecule has 0 heterocycles. The zero-order chi connectivity index (χ0) is 13.8. The Balaban J connectivity index is 2.24. The standard InChI is InChI=1S/C15H17NO3/c1-10-6-2-5-9-13(10)16-14(17)11-7-3-4-8-12(11)15(18)19/h2,5-6,9H,3-4,7-8H2,1H3,(H,16,17)(H,18,19). The van der Waals surface area contributed by atoms with Crippen molar-refractivity contribution in [1.29, 1.82) is 0 Å². The summed E-state index contributed by atoms with van der Waals surface area (Å²) in [6.45, 7) is 1.91. The Hall–Kier alpha value is -2.10. The summed E-state index contributed by atoms with van der Waals surface area (Å²) in [6.07, 6.45) is 2.72. The van der Waals surface area contributed by atoms with Crippen LogP contribution in [0.4, 0.5) is 5.69 Å². The second kappa shape index (κ2) is 5.69. The molecule has 0 unspecified atom stereocenters. The molecule has 1 aliphatic carbocycles. The molecule has 0 saturated carbocycles. The third-order valence-electron chi connectivity index (χ3n) is 3.39. The van der Waals surface area contributed by atoms with Crippen molar-refractivity contribution in [2.75, 3.05) is 5.32 Å². The van der Waals surface area contributed by atoms with Gasteiger partial charge in [-0.3, -0.25) is 4.79 Å². The molecule has 0 radical (unpaired) electrons. The summed E-state index contributed by atoms with van der Waals surface area (Å²) in [4.78, 5) is 23.4. The predicted molar refractivity (Wildman–Crippen MR) is 72.9 cm³/mol. The molecule has 1 aromatic carbocycles. The summed E-state index contributed by atoms with van der Waals surface area (Å²) in [5.74, 6) is -1.26. The van der Waals surface area contributed by atoms with E-state index in [-0.39, 0.29) is 11.5 Å². The molecule has 0 spiro atoms. The third kappa shape index (κ3) is 3.02. The van der Waals surface area contributed by atoms with Gasteiger partial charge in [0.05, 0.1) is 0 Å². The van der Waals surface area contributed by atoms with Crippen LogP contribution in [0.2, 0.25) is 0 Å². The quantitative estimate of drug-likeness (QED) is 0.877. The number of rotatable bonds is 3. The smallest absolute Gasteiger partial charge is 0.332 e. The highest BCUT2D eigenvalue weighted by atomic mass is 16.4. The number of carbonyl (C=O) groups excluding carboxylic acids is 1. The summed E-state index contributed by atoms with van der Waals surface area (Å²) in [6, 6.07) is 7.46.